The molecular formula is C8H16N2O3S. The highest BCUT2D eigenvalue weighted by atomic mass is 32.2. The molecule has 14 heavy (non-hydrogen) atoms. The third-order valence-electron chi connectivity index (χ3n) is 2.67. The van der Waals surface area contributed by atoms with Crippen LogP contribution in [0.4, 0.5) is 0 Å². The molecule has 0 amide bonds. The van der Waals surface area contributed by atoms with Crippen molar-refractivity contribution in [1.82, 2.24) is 4.31 Å². The van der Waals surface area contributed by atoms with Crippen molar-refractivity contribution in [2.75, 3.05) is 26.2 Å². The van der Waals surface area contributed by atoms with Crippen molar-refractivity contribution in [3.8, 4) is 0 Å². The van der Waals surface area contributed by atoms with Crippen LogP contribution in [-0.2, 0) is 14.8 Å². The number of hydrogen-bond donors (Lipinski definition) is 1. The van der Waals surface area contributed by atoms with Crippen molar-refractivity contribution in [3.63, 3.8) is 0 Å². The lowest BCUT2D eigenvalue weighted by Crippen LogP contribution is -2.49. The van der Waals surface area contributed by atoms with Crippen LogP contribution in [-0.4, -0.2) is 50.3 Å². The van der Waals surface area contributed by atoms with E-state index in [9.17, 15) is 8.42 Å². The average molecular weight is 220 g/mol. The van der Waals surface area contributed by atoms with Gasteiger partial charge in [0, 0.05) is 19.6 Å². The largest absolute Gasteiger partial charge is 0.374 e. The number of morpholine rings is 1. The molecule has 5 nitrogen and oxygen atoms in total. The van der Waals surface area contributed by atoms with E-state index in [2.05, 4.69) is 0 Å². The molecule has 2 rings (SSSR count). The Hall–Kier alpha value is -0.170. The minimum Gasteiger partial charge on any atom is -0.374 e. The monoisotopic (exact) mass is 220 g/mol. The predicted molar refractivity (Wildman–Crippen MR) is 52.3 cm³/mol. The molecule has 0 aromatic rings. The Morgan fingerprint density at radius 3 is 2.71 bits per heavy atom. The van der Waals surface area contributed by atoms with Gasteiger partial charge in [-0.3, -0.25) is 0 Å². The molecule has 82 valence electrons. The quantitative estimate of drug-likeness (QED) is 0.671. The lowest BCUT2D eigenvalue weighted by molar-refractivity contribution is 0.00446. The van der Waals surface area contributed by atoms with E-state index in [4.69, 9.17) is 10.5 Å². The normalized spacial score (nSPS) is 30.5. The van der Waals surface area contributed by atoms with Crippen molar-refractivity contribution in [3.05, 3.63) is 0 Å². The van der Waals surface area contributed by atoms with Gasteiger partial charge in [0.2, 0.25) is 10.0 Å². The summed E-state index contributed by atoms with van der Waals surface area (Å²) in [5.41, 5.74) is 5.45. The number of ether oxygens (including phenoxy) is 1. The molecule has 1 atom stereocenters. The summed E-state index contributed by atoms with van der Waals surface area (Å²) in [6, 6.07) is 0. The number of hydrogen-bond acceptors (Lipinski definition) is 4. The summed E-state index contributed by atoms with van der Waals surface area (Å²) in [5, 5.41) is -0.126. The minimum atomic E-state index is -3.03. The van der Waals surface area contributed by atoms with Crippen LogP contribution in [0.15, 0.2) is 0 Å². The van der Waals surface area contributed by atoms with Crippen LogP contribution in [0.1, 0.15) is 12.8 Å². The van der Waals surface area contributed by atoms with Crippen molar-refractivity contribution in [2.24, 2.45) is 5.73 Å². The number of nitrogens with two attached hydrogens (primary N) is 1. The van der Waals surface area contributed by atoms with Crippen LogP contribution in [0.5, 0.6) is 0 Å². The van der Waals surface area contributed by atoms with Crippen molar-refractivity contribution < 1.29 is 13.2 Å². The molecule has 1 aliphatic heterocycles. The third kappa shape index (κ3) is 1.93. The van der Waals surface area contributed by atoms with Gasteiger partial charge in [0.15, 0.2) is 0 Å². The van der Waals surface area contributed by atoms with Crippen LogP contribution < -0.4 is 5.73 Å². The first-order valence-electron chi connectivity index (χ1n) is 4.95. The van der Waals surface area contributed by atoms with Gasteiger partial charge in [-0.1, -0.05) is 0 Å². The van der Waals surface area contributed by atoms with E-state index in [0.29, 0.717) is 26.2 Å². The molecular weight excluding hydrogens is 204 g/mol. The molecule has 0 aromatic heterocycles. The van der Waals surface area contributed by atoms with E-state index in [0.717, 1.165) is 12.8 Å². The molecule has 1 saturated carbocycles. The molecule has 2 fully saturated rings. The molecule has 1 heterocycles. The summed E-state index contributed by atoms with van der Waals surface area (Å²) >= 11 is 0. The van der Waals surface area contributed by atoms with E-state index in [-0.39, 0.29) is 11.4 Å². The Kier molecular flexibility index (Phi) is 2.79. The molecule has 0 aromatic carbocycles. The van der Waals surface area contributed by atoms with Crippen molar-refractivity contribution in [1.29, 1.82) is 0 Å². The third-order valence-corrected chi connectivity index (χ3v) is 5.04. The maximum Gasteiger partial charge on any atom is 0.217 e. The van der Waals surface area contributed by atoms with Gasteiger partial charge in [-0.15, -0.1) is 0 Å². The highest BCUT2D eigenvalue weighted by Crippen LogP contribution is 2.31. The number of nitrogens with zero attached hydrogens (tertiary/aromatic N) is 1. The first-order valence-corrected chi connectivity index (χ1v) is 6.45. The Bertz CT molecular complexity index is 300. The standard InChI is InChI=1S/C8H16N2O3S/c9-5-7-6-10(3-4-13-7)14(11,12)8-1-2-8/h7-8H,1-6,9H2. The molecule has 1 unspecified atom stereocenters. The van der Waals surface area contributed by atoms with Crippen LogP contribution in [0.2, 0.25) is 0 Å². The fraction of sp³-hybridized carbons (Fsp3) is 1.00. The van der Waals surface area contributed by atoms with Gasteiger partial charge < -0.3 is 10.5 Å². The van der Waals surface area contributed by atoms with E-state index in [1.165, 1.54) is 4.31 Å². The Labute approximate surface area is 84.3 Å². The molecule has 6 heteroatoms. The highest BCUT2D eigenvalue weighted by molar-refractivity contribution is 7.90. The zero-order valence-electron chi connectivity index (χ0n) is 8.05. The van der Waals surface area contributed by atoms with Gasteiger partial charge in [-0.05, 0) is 12.8 Å². The summed E-state index contributed by atoms with van der Waals surface area (Å²) < 4.78 is 30.5. The SMILES string of the molecule is NCC1CN(S(=O)(=O)C2CC2)CCO1. The molecule has 2 aliphatic rings. The minimum absolute atomic E-state index is 0.126. The summed E-state index contributed by atoms with van der Waals surface area (Å²) in [4.78, 5) is 0. The second-order valence-corrected chi connectivity index (χ2v) is 6.04. The summed E-state index contributed by atoms with van der Waals surface area (Å²) in [6.45, 7) is 1.76. The van der Waals surface area contributed by atoms with Gasteiger partial charge >= 0.3 is 0 Å². The second kappa shape index (κ2) is 3.77. The van der Waals surface area contributed by atoms with Gasteiger partial charge in [0.05, 0.1) is 18.0 Å². The van der Waals surface area contributed by atoms with E-state index >= 15 is 0 Å². The van der Waals surface area contributed by atoms with E-state index in [1.54, 1.807) is 0 Å². The molecule has 1 saturated heterocycles. The fourth-order valence-corrected chi connectivity index (χ4v) is 3.50. The predicted octanol–water partition coefficient (Wildman–Crippen LogP) is -0.862. The Balaban J connectivity index is 2.03. The van der Waals surface area contributed by atoms with Gasteiger partial charge in [-0.2, -0.15) is 4.31 Å². The van der Waals surface area contributed by atoms with Gasteiger partial charge in [0.1, 0.15) is 0 Å². The summed E-state index contributed by atoms with van der Waals surface area (Å²) in [6.07, 6.45) is 1.50. The first-order chi connectivity index (χ1) is 6.64. The van der Waals surface area contributed by atoms with Crippen LogP contribution >= 0.6 is 0 Å². The van der Waals surface area contributed by atoms with Crippen molar-refractivity contribution >= 4 is 10.0 Å². The van der Waals surface area contributed by atoms with Gasteiger partial charge in [-0.25, -0.2) is 8.42 Å². The molecule has 2 N–H and O–H groups in total. The average Bonchev–Trinajstić information content (AvgIpc) is 3.01. The zero-order valence-corrected chi connectivity index (χ0v) is 8.87. The molecule has 0 radical (unpaired) electrons. The van der Waals surface area contributed by atoms with Crippen LogP contribution in [0, 0.1) is 0 Å². The topological polar surface area (TPSA) is 72.6 Å². The Morgan fingerprint density at radius 2 is 2.14 bits per heavy atom. The smallest absolute Gasteiger partial charge is 0.217 e. The zero-order chi connectivity index (χ0) is 10.2. The maximum absolute atomic E-state index is 11.8. The molecule has 1 aliphatic carbocycles. The van der Waals surface area contributed by atoms with Crippen LogP contribution in [0.3, 0.4) is 0 Å². The molecule has 0 bridgehead atoms. The molecule has 0 spiro atoms. The second-order valence-electron chi connectivity index (χ2n) is 3.83. The van der Waals surface area contributed by atoms with Crippen LogP contribution in [0.25, 0.3) is 0 Å². The van der Waals surface area contributed by atoms with E-state index < -0.39 is 10.0 Å². The lowest BCUT2D eigenvalue weighted by atomic mass is 10.3. The summed E-state index contributed by atoms with van der Waals surface area (Å²) in [7, 11) is -3.03. The number of rotatable bonds is 3. The number of sulfonamides is 1. The van der Waals surface area contributed by atoms with Crippen molar-refractivity contribution in [2.45, 2.75) is 24.2 Å². The Morgan fingerprint density at radius 1 is 1.43 bits per heavy atom. The first kappa shape index (κ1) is 10.4. The maximum atomic E-state index is 11.8. The lowest BCUT2D eigenvalue weighted by Gasteiger charge is -2.31. The summed E-state index contributed by atoms with van der Waals surface area (Å²) in [5.74, 6) is 0. The highest BCUT2D eigenvalue weighted by Gasteiger charge is 2.41. The van der Waals surface area contributed by atoms with E-state index in [1.807, 2.05) is 0 Å². The van der Waals surface area contributed by atoms with Gasteiger partial charge in [0.25, 0.3) is 0 Å². The fourth-order valence-electron chi connectivity index (χ4n) is 1.64.